The maximum absolute atomic E-state index is 11.3. The van der Waals surface area contributed by atoms with Gasteiger partial charge in [-0.25, -0.2) is 4.79 Å². The van der Waals surface area contributed by atoms with E-state index >= 15 is 0 Å². The number of nitrogens with two attached hydrogens (primary N) is 1. The van der Waals surface area contributed by atoms with Crippen LogP contribution in [0.25, 0.3) is 10.8 Å². The van der Waals surface area contributed by atoms with Gasteiger partial charge in [-0.05, 0) is 24.4 Å². The van der Waals surface area contributed by atoms with E-state index in [2.05, 4.69) is 0 Å². The molecule has 0 aliphatic rings. The molecule has 0 aromatic heterocycles. The first kappa shape index (κ1) is 13.9. The van der Waals surface area contributed by atoms with E-state index in [4.69, 9.17) is 15.2 Å². The summed E-state index contributed by atoms with van der Waals surface area (Å²) in [6.45, 7) is 1.81. The van der Waals surface area contributed by atoms with Crippen LogP contribution in [0, 0.1) is 0 Å². The van der Waals surface area contributed by atoms with Crippen LogP contribution in [0.1, 0.15) is 17.3 Å². The van der Waals surface area contributed by atoms with Gasteiger partial charge < -0.3 is 15.2 Å². The molecule has 0 radical (unpaired) electrons. The van der Waals surface area contributed by atoms with Gasteiger partial charge in [-0.3, -0.25) is 4.79 Å². The summed E-state index contributed by atoms with van der Waals surface area (Å²) >= 11 is 0. The van der Waals surface area contributed by atoms with Crippen molar-refractivity contribution in [3.63, 3.8) is 0 Å². The van der Waals surface area contributed by atoms with Crippen molar-refractivity contribution in [2.24, 2.45) is 5.73 Å². The normalized spacial score (nSPS) is 10.2. The largest absolute Gasteiger partial charge is 0.481 e. The molecular formula is C15H15NO4. The van der Waals surface area contributed by atoms with Crippen LogP contribution < -0.4 is 10.5 Å². The fourth-order valence-electron chi connectivity index (χ4n) is 1.88. The lowest BCUT2D eigenvalue weighted by molar-refractivity contribution is -0.145. The molecule has 0 saturated heterocycles. The predicted molar refractivity (Wildman–Crippen MR) is 74.6 cm³/mol. The van der Waals surface area contributed by atoms with E-state index < -0.39 is 11.9 Å². The van der Waals surface area contributed by atoms with Crippen molar-refractivity contribution in [1.82, 2.24) is 0 Å². The number of hydrogen-bond acceptors (Lipinski definition) is 4. The molecule has 5 nitrogen and oxygen atoms in total. The van der Waals surface area contributed by atoms with Crippen LogP contribution in [0.5, 0.6) is 5.75 Å². The van der Waals surface area contributed by atoms with Gasteiger partial charge >= 0.3 is 5.97 Å². The molecule has 2 aromatic carbocycles. The molecule has 0 aliphatic carbocycles. The maximum Gasteiger partial charge on any atom is 0.344 e. The predicted octanol–water partition coefficient (Wildman–Crippen LogP) is 1.88. The second-order valence-electron chi connectivity index (χ2n) is 4.15. The zero-order valence-corrected chi connectivity index (χ0v) is 11.1. The van der Waals surface area contributed by atoms with E-state index in [0.29, 0.717) is 17.9 Å². The van der Waals surface area contributed by atoms with Gasteiger partial charge in [-0.15, -0.1) is 0 Å². The highest BCUT2D eigenvalue weighted by atomic mass is 16.6. The highest BCUT2D eigenvalue weighted by Crippen LogP contribution is 2.27. The SMILES string of the molecule is CCOC(=O)COc1cc(C(N)=O)cc2ccccc12. The average Bonchev–Trinajstić information content (AvgIpc) is 2.44. The number of ether oxygens (including phenoxy) is 2. The molecule has 0 saturated carbocycles. The Morgan fingerprint density at radius 3 is 2.65 bits per heavy atom. The molecule has 0 unspecified atom stereocenters. The topological polar surface area (TPSA) is 78.6 Å². The van der Waals surface area contributed by atoms with E-state index in [1.54, 1.807) is 13.0 Å². The summed E-state index contributed by atoms with van der Waals surface area (Å²) in [6, 6.07) is 10.6. The number of fused-ring (bicyclic) bond motifs is 1. The molecule has 5 heteroatoms. The first-order chi connectivity index (χ1) is 9.61. The van der Waals surface area contributed by atoms with Crippen molar-refractivity contribution in [3.8, 4) is 5.75 Å². The monoisotopic (exact) mass is 273 g/mol. The van der Waals surface area contributed by atoms with E-state index in [9.17, 15) is 9.59 Å². The minimum atomic E-state index is -0.545. The molecule has 0 bridgehead atoms. The lowest BCUT2D eigenvalue weighted by atomic mass is 10.1. The standard InChI is InChI=1S/C15H15NO4/c1-2-19-14(17)9-20-13-8-11(15(16)18)7-10-5-3-4-6-12(10)13/h3-8H,2,9H2,1H3,(H2,16,18). The molecule has 2 N–H and O–H groups in total. The third-order valence-electron chi connectivity index (χ3n) is 2.76. The van der Waals surface area contributed by atoms with E-state index in [1.165, 1.54) is 6.07 Å². The summed E-state index contributed by atoms with van der Waals surface area (Å²) < 4.78 is 10.2. The van der Waals surface area contributed by atoms with Gasteiger partial charge in [0.2, 0.25) is 5.91 Å². The average molecular weight is 273 g/mol. The van der Waals surface area contributed by atoms with Crippen molar-refractivity contribution in [1.29, 1.82) is 0 Å². The number of rotatable bonds is 5. The summed E-state index contributed by atoms with van der Waals surface area (Å²) in [5, 5.41) is 1.63. The van der Waals surface area contributed by atoms with Crippen molar-refractivity contribution >= 4 is 22.6 Å². The van der Waals surface area contributed by atoms with Crippen molar-refractivity contribution in [3.05, 3.63) is 42.0 Å². The number of amides is 1. The van der Waals surface area contributed by atoms with Crippen LogP contribution in [0.15, 0.2) is 36.4 Å². The van der Waals surface area contributed by atoms with Gasteiger partial charge in [0.1, 0.15) is 5.75 Å². The van der Waals surface area contributed by atoms with Crippen molar-refractivity contribution < 1.29 is 19.1 Å². The van der Waals surface area contributed by atoms with E-state index in [0.717, 1.165) is 10.8 Å². The van der Waals surface area contributed by atoms with Gasteiger partial charge in [0.25, 0.3) is 0 Å². The molecule has 0 heterocycles. The Morgan fingerprint density at radius 1 is 1.20 bits per heavy atom. The van der Waals surface area contributed by atoms with Crippen LogP contribution in [-0.4, -0.2) is 25.1 Å². The summed E-state index contributed by atoms with van der Waals surface area (Å²) in [7, 11) is 0. The Hall–Kier alpha value is -2.56. The summed E-state index contributed by atoms with van der Waals surface area (Å²) in [6.07, 6.45) is 0. The summed E-state index contributed by atoms with van der Waals surface area (Å²) in [5.41, 5.74) is 5.63. The molecular weight excluding hydrogens is 258 g/mol. The Kier molecular flexibility index (Phi) is 4.20. The van der Waals surface area contributed by atoms with Gasteiger partial charge in [-0.2, -0.15) is 0 Å². The van der Waals surface area contributed by atoms with E-state index in [-0.39, 0.29) is 6.61 Å². The molecule has 20 heavy (non-hydrogen) atoms. The Morgan fingerprint density at radius 2 is 1.95 bits per heavy atom. The van der Waals surface area contributed by atoms with Crippen LogP contribution in [0.2, 0.25) is 0 Å². The number of carbonyl (C=O) groups is 2. The lowest BCUT2D eigenvalue weighted by Crippen LogP contribution is -2.15. The number of benzene rings is 2. The van der Waals surface area contributed by atoms with Crippen LogP contribution in [0.3, 0.4) is 0 Å². The zero-order chi connectivity index (χ0) is 14.5. The van der Waals surface area contributed by atoms with E-state index in [1.807, 2.05) is 24.3 Å². The van der Waals surface area contributed by atoms with Crippen molar-refractivity contribution in [2.75, 3.05) is 13.2 Å². The van der Waals surface area contributed by atoms with Crippen LogP contribution >= 0.6 is 0 Å². The Bertz CT molecular complexity index is 651. The zero-order valence-electron chi connectivity index (χ0n) is 11.1. The first-order valence-corrected chi connectivity index (χ1v) is 6.23. The third-order valence-corrected chi connectivity index (χ3v) is 2.76. The maximum atomic E-state index is 11.3. The fourth-order valence-corrected chi connectivity index (χ4v) is 1.88. The highest BCUT2D eigenvalue weighted by Gasteiger charge is 2.10. The van der Waals surface area contributed by atoms with Crippen molar-refractivity contribution in [2.45, 2.75) is 6.92 Å². The van der Waals surface area contributed by atoms with Crippen LogP contribution in [-0.2, 0) is 9.53 Å². The minimum absolute atomic E-state index is 0.208. The van der Waals surface area contributed by atoms with Gasteiger partial charge in [-0.1, -0.05) is 24.3 Å². The number of hydrogen-bond donors (Lipinski definition) is 1. The smallest absolute Gasteiger partial charge is 0.344 e. The molecule has 2 aromatic rings. The van der Waals surface area contributed by atoms with Crippen LogP contribution in [0.4, 0.5) is 0 Å². The van der Waals surface area contributed by atoms with Gasteiger partial charge in [0, 0.05) is 10.9 Å². The lowest BCUT2D eigenvalue weighted by Gasteiger charge is -2.10. The molecule has 1 amide bonds. The minimum Gasteiger partial charge on any atom is -0.481 e. The second kappa shape index (κ2) is 6.06. The molecule has 0 fully saturated rings. The summed E-state index contributed by atoms with van der Waals surface area (Å²) in [5.74, 6) is -0.567. The molecule has 0 atom stereocenters. The second-order valence-corrected chi connectivity index (χ2v) is 4.15. The Labute approximate surface area is 116 Å². The fraction of sp³-hybridized carbons (Fsp3) is 0.200. The molecule has 0 spiro atoms. The third kappa shape index (κ3) is 3.06. The summed E-state index contributed by atoms with van der Waals surface area (Å²) in [4.78, 5) is 22.6. The van der Waals surface area contributed by atoms with Gasteiger partial charge in [0.05, 0.1) is 6.61 Å². The first-order valence-electron chi connectivity index (χ1n) is 6.23. The molecule has 104 valence electrons. The Balaban J connectivity index is 2.34. The number of esters is 1. The highest BCUT2D eigenvalue weighted by molar-refractivity contribution is 6.00. The number of primary amides is 1. The quantitative estimate of drug-likeness (QED) is 0.844. The van der Waals surface area contributed by atoms with Gasteiger partial charge in [0.15, 0.2) is 6.61 Å². The number of carbonyl (C=O) groups excluding carboxylic acids is 2. The molecule has 0 aliphatic heterocycles. The molecule has 2 rings (SSSR count).